The smallest absolute Gasteiger partial charge is 0.203 e. The van der Waals surface area contributed by atoms with Crippen molar-refractivity contribution >= 4 is 11.8 Å². The standard InChI is InChI=1S/C27H35NO9S/c1-5-38-20-9-7-14-15(11-17(20)30)16(28-27-24(33)23(32)22(31)19(12-29)37-27)8-6-13-10-18(34-2)25(35-3)26(36-4)21(13)14/h7,9-11,16,19,22-24,27-29,31-33H,5-6,8,12H2,1-4H3/t16-,19+,22+,23-,24+,27+/m0/s1. The van der Waals surface area contributed by atoms with Gasteiger partial charge in [-0.05, 0) is 53.5 Å². The molecule has 0 spiro atoms. The summed E-state index contributed by atoms with van der Waals surface area (Å²) in [5.74, 6) is 2.13. The molecule has 0 saturated carbocycles. The molecule has 0 aromatic heterocycles. The first-order valence-electron chi connectivity index (χ1n) is 12.5. The molecular weight excluding hydrogens is 514 g/mol. The molecule has 208 valence electrons. The molecule has 1 saturated heterocycles. The van der Waals surface area contributed by atoms with Crippen LogP contribution in [0.1, 0.15) is 30.5 Å². The quantitative estimate of drug-likeness (QED) is 0.303. The van der Waals surface area contributed by atoms with Crippen LogP contribution < -0.4 is 25.0 Å². The third kappa shape index (κ3) is 5.24. The average molecular weight is 550 g/mol. The molecular formula is C27H35NO9S. The number of aryl methyl sites for hydroxylation is 1. The monoisotopic (exact) mass is 549 g/mol. The Bertz CT molecular complexity index is 1210. The van der Waals surface area contributed by atoms with Gasteiger partial charge in [0.25, 0.3) is 0 Å². The fourth-order valence-electron chi connectivity index (χ4n) is 5.18. The molecule has 38 heavy (non-hydrogen) atoms. The van der Waals surface area contributed by atoms with Crippen LogP contribution in [0.15, 0.2) is 34.0 Å². The predicted molar refractivity (Wildman–Crippen MR) is 142 cm³/mol. The highest BCUT2D eigenvalue weighted by atomic mass is 32.2. The van der Waals surface area contributed by atoms with Gasteiger partial charge in [0.05, 0.1) is 32.8 Å². The van der Waals surface area contributed by atoms with Crippen molar-refractivity contribution in [1.29, 1.82) is 0 Å². The van der Waals surface area contributed by atoms with Gasteiger partial charge in [0.2, 0.25) is 5.75 Å². The Morgan fingerprint density at radius 3 is 2.39 bits per heavy atom. The van der Waals surface area contributed by atoms with E-state index in [9.17, 15) is 25.2 Å². The number of hydrogen-bond donors (Lipinski definition) is 5. The van der Waals surface area contributed by atoms with Gasteiger partial charge in [-0.15, -0.1) is 11.8 Å². The maximum atomic E-state index is 13.3. The van der Waals surface area contributed by atoms with Gasteiger partial charge in [0.15, 0.2) is 16.9 Å². The number of aliphatic hydroxyl groups is 4. The van der Waals surface area contributed by atoms with Gasteiger partial charge in [-0.1, -0.05) is 13.0 Å². The minimum atomic E-state index is -1.52. The van der Waals surface area contributed by atoms with E-state index in [1.807, 2.05) is 19.1 Å². The van der Waals surface area contributed by atoms with E-state index in [1.54, 1.807) is 26.4 Å². The number of methoxy groups -OCH3 is 3. The van der Waals surface area contributed by atoms with Crippen molar-refractivity contribution in [2.24, 2.45) is 0 Å². The van der Waals surface area contributed by atoms with Crippen molar-refractivity contribution in [1.82, 2.24) is 5.32 Å². The van der Waals surface area contributed by atoms with E-state index in [4.69, 9.17) is 18.9 Å². The van der Waals surface area contributed by atoms with Crippen LogP contribution >= 0.6 is 11.8 Å². The Kier molecular flexibility index (Phi) is 9.19. The Hall–Kier alpha value is -2.38. The lowest BCUT2D eigenvalue weighted by Gasteiger charge is -2.41. The summed E-state index contributed by atoms with van der Waals surface area (Å²) < 4.78 is 22.8. The largest absolute Gasteiger partial charge is 0.493 e. The third-order valence-electron chi connectivity index (χ3n) is 7.06. The molecule has 1 aliphatic carbocycles. The topological polar surface area (TPSA) is 147 Å². The molecule has 5 N–H and O–H groups in total. The molecule has 1 aliphatic heterocycles. The number of thioether (sulfide) groups is 1. The van der Waals surface area contributed by atoms with Gasteiger partial charge in [0.1, 0.15) is 30.6 Å². The van der Waals surface area contributed by atoms with E-state index in [-0.39, 0.29) is 5.43 Å². The molecule has 6 atom stereocenters. The minimum absolute atomic E-state index is 0.151. The highest BCUT2D eigenvalue weighted by Gasteiger charge is 2.44. The van der Waals surface area contributed by atoms with Gasteiger partial charge < -0.3 is 39.4 Å². The van der Waals surface area contributed by atoms with E-state index in [1.165, 1.54) is 18.9 Å². The normalized spacial score (nSPS) is 26.6. The third-order valence-corrected chi connectivity index (χ3v) is 8.00. The highest BCUT2D eigenvalue weighted by molar-refractivity contribution is 7.99. The van der Waals surface area contributed by atoms with E-state index < -0.39 is 43.3 Å². The van der Waals surface area contributed by atoms with Crippen molar-refractivity contribution in [2.45, 2.75) is 61.3 Å². The average Bonchev–Trinajstić information content (AvgIpc) is 3.16. The molecule has 1 fully saturated rings. The van der Waals surface area contributed by atoms with Crippen molar-refractivity contribution in [2.75, 3.05) is 33.7 Å². The molecule has 10 nitrogen and oxygen atoms in total. The highest BCUT2D eigenvalue weighted by Crippen LogP contribution is 2.50. The van der Waals surface area contributed by atoms with Crippen LogP contribution in [0.2, 0.25) is 0 Å². The lowest BCUT2D eigenvalue weighted by Crippen LogP contribution is -2.62. The molecule has 2 aromatic carbocycles. The van der Waals surface area contributed by atoms with Crippen LogP contribution in [0.5, 0.6) is 17.2 Å². The zero-order chi connectivity index (χ0) is 27.6. The summed E-state index contributed by atoms with van der Waals surface area (Å²) in [4.78, 5) is 13.9. The molecule has 0 amide bonds. The Labute approximate surface area is 225 Å². The fraction of sp³-hybridized carbons (Fsp3) is 0.519. The van der Waals surface area contributed by atoms with Crippen molar-refractivity contribution in [3.63, 3.8) is 0 Å². The van der Waals surface area contributed by atoms with Gasteiger partial charge in [-0.2, -0.15) is 0 Å². The van der Waals surface area contributed by atoms with Gasteiger partial charge in [0, 0.05) is 11.6 Å². The first kappa shape index (κ1) is 28.6. The zero-order valence-electron chi connectivity index (χ0n) is 21.8. The SMILES string of the molecule is CCSc1ccc2c(cc1=O)[C@@H](N[C@@H]1O[C@H](CO)[C@@H](O)[C@H](O)[C@H]1O)CCc1cc(OC)c(OC)c(OC)c1-2. The van der Waals surface area contributed by atoms with Crippen molar-refractivity contribution in [3.05, 3.63) is 45.6 Å². The van der Waals surface area contributed by atoms with Crippen molar-refractivity contribution < 1.29 is 39.4 Å². The maximum absolute atomic E-state index is 13.3. The minimum Gasteiger partial charge on any atom is -0.493 e. The van der Waals surface area contributed by atoms with E-state index >= 15 is 0 Å². The van der Waals surface area contributed by atoms with Gasteiger partial charge in [-0.3, -0.25) is 10.1 Å². The second-order valence-corrected chi connectivity index (χ2v) is 10.5. The molecule has 11 heteroatoms. The van der Waals surface area contributed by atoms with Crippen LogP contribution in [0.4, 0.5) is 0 Å². The summed E-state index contributed by atoms with van der Waals surface area (Å²) in [7, 11) is 4.63. The number of rotatable bonds is 8. The molecule has 4 rings (SSSR count). The molecule has 0 radical (unpaired) electrons. The summed E-state index contributed by atoms with van der Waals surface area (Å²) in [5.41, 5.74) is 2.92. The number of ether oxygens (including phenoxy) is 4. The fourth-order valence-corrected chi connectivity index (χ4v) is 5.86. The molecule has 0 unspecified atom stereocenters. The molecule has 2 aliphatic rings. The van der Waals surface area contributed by atoms with Crippen LogP contribution in [0.3, 0.4) is 0 Å². The first-order chi connectivity index (χ1) is 18.3. The first-order valence-corrected chi connectivity index (χ1v) is 13.5. The Balaban J connectivity index is 1.89. The summed E-state index contributed by atoms with van der Waals surface area (Å²) >= 11 is 1.44. The van der Waals surface area contributed by atoms with Crippen molar-refractivity contribution in [3.8, 4) is 28.4 Å². The van der Waals surface area contributed by atoms with Gasteiger partial charge in [-0.25, -0.2) is 0 Å². The molecule has 2 aromatic rings. The summed E-state index contributed by atoms with van der Waals surface area (Å²) in [6, 6.07) is 6.66. The maximum Gasteiger partial charge on any atom is 0.203 e. The Morgan fingerprint density at radius 1 is 1.03 bits per heavy atom. The van der Waals surface area contributed by atoms with E-state index in [0.29, 0.717) is 40.5 Å². The number of nitrogens with one attached hydrogen (secondary N) is 1. The lowest BCUT2D eigenvalue weighted by atomic mass is 9.94. The molecule has 1 heterocycles. The van der Waals surface area contributed by atoms with Gasteiger partial charge >= 0.3 is 0 Å². The summed E-state index contributed by atoms with van der Waals surface area (Å²) in [6.07, 6.45) is -5.59. The number of benzene rings is 1. The van der Waals surface area contributed by atoms with Crippen LogP contribution in [0, 0.1) is 0 Å². The zero-order valence-corrected chi connectivity index (χ0v) is 22.7. The predicted octanol–water partition coefficient (Wildman–Crippen LogP) is 1.23. The summed E-state index contributed by atoms with van der Waals surface area (Å²) in [5, 5.41) is 44.1. The van der Waals surface area contributed by atoms with Crippen LogP contribution in [-0.4, -0.2) is 84.8 Å². The number of aliphatic hydroxyl groups excluding tert-OH is 4. The van der Waals surface area contributed by atoms with E-state index in [0.717, 1.165) is 22.4 Å². The van der Waals surface area contributed by atoms with Crippen LogP contribution in [-0.2, 0) is 11.2 Å². The lowest BCUT2D eigenvalue weighted by molar-refractivity contribution is -0.238. The second-order valence-electron chi connectivity index (χ2n) is 9.20. The second kappa shape index (κ2) is 12.2. The summed E-state index contributed by atoms with van der Waals surface area (Å²) in [6.45, 7) is 1.44. The molecule has 0 bridgehead atoms. The van der Waals surface area contributed by atoms with E-state index in [2.05, 4.69) is 5.32 Å². The number of hydrogen-bond acceptors (Lipinski definition) is 11. The van der Waals surface area contributed by atoms with Crippen LogP contribution in [0.25, 0.3) is 11.1 Å². The number of fused-ring (bicyclic) bond motifs is 3. The Morgan fingerprint density at radius 2 is 1.76 bits per heavy atom.